The monoisotopic (exact) mass is 251 g/mol. The minimum absolute atomic E-state index is 0.0180. The second kappa shape index (κ2) is 5.95. The van der Waals surface area contributed by atoms with Gasteiger partial charge in [0.05, 0.1) is 6.04 Å². The topological polar surface area (TPSA) is 63.0 Å². The van der Waals surface area contributed by atoms with Crippen molar-refractivity contribution in [3.05, 3.63) is 12.2 Å². The summed E-state index contributed by atoms with van der Waals surface area (Å²) in [5, 5.41) is 11.2. The number of carbonyl (C=O) groups excluding carboxylic acids is 1. The van der Waals surface area contributed by atoms with Crippen LogP contribution in [0.3, 0.4) is 0 Å². The van der Waals surface area contributed by atoms with E-state index in [1.54, 1.807) is 6.33 Å². The molecule has 1 atom stereocenters. The molecule has 0 radical (unpaired) electrons. The molecule has 0 aliphatic carbocycles. The molecule has 1 fully saturated rings. The van der Waals surface area contributed by atoms with Crippen LogP contribution in [0.4, 0.5) is 0 Å². The Morgan fingerprint density at radius 3 is 3.06 bits per heavy atom. The van der Waals surface area contributed by atoms with Crippen LogP contribution in [0, 0.1) is 0 Å². The number of likely N-dealkylation sites (tertiary alicyclic amines) is 1. The number of amides is 1. The van der Waals surface area contributed by atoms with Crippen molar-refractivity contribution in [2.24, 2.45) is 7.05 Å². The van der Waals surface area contributed by atoms with Gasteiger partial charge in [-0.15, -0.1) is 10.2 Å². The van der Waals surface area contributed by atoms with Gasteiger partial charge in [0.15, 0.2) is 0 Å². The first-order chi connectivity index (χ1) is 8.72. The minimum Gasteiger partial charge on any atom is -0.341 e. The molecule has 1 N–H and O–H groups in total. The van der Waals surface area contributed by atoms with Crippen molar-refractivity contribution in [3.8, 4) is 0 Å². The van der Waals surface area contributed by atoms with Crippen molar-refractivity contribution >= 4 is 5.91 Å². The Kier molecular flexibility index (Phi) is 4.30. The molecule has 0 spiro atoms. The number of carbonyl (C=O) groups is 1. The normalized spacial score (nSPS) is 19.8. The van der Waals surface area contributed by atoms with Crippen LogP contribution in [0.25, 0.3) is 0 Å². The highest BCUT2D eigenvalue weighted by atomic mass is 16.2. The zero-order valence-electron chi connectivity index (χ0n) is 11.1. The predicted molar refractivity (Wildman–Crippen MR) is 68.0 cm³/mol. The summed E-state index contributed by atoms with van der Waals surface area (Å²) in [6.07, 6.45) is 4.43. The lowest BCUT2D eigenvalue weighted by molar-refractivity contribution is -0.129. The second-order valence-corrected chi connectivity index (χ2v) is 4.73. The number of rotatable bonds is 6. The van der Waals surface area contributed by atoms with Crippen molar-refractivity contribution in [1.82, 2.24) is 25.0 Å². The van der Waals surface area contributed by atoms with Crippen molar-refractivity contribution in [2.75, 3.05) is 19.6 Å². The number of aryl methyl sites for hydroxylation is 1. The number of nitrogens with zero attached hydrogens (tertiary/aromatic N) is 4. The first-order valence-corrected chi connectivity index (χ1v) is 6.57. The van der Waals surface area contributed by atoms with Crippen LogP contribution in [-0.2, 0) is 18.3 Å². The molecule has 6 heteroatoms. The van der Waals surface area contributed by atoms with E-state index in [0.29, 0.717) is 0 Å². The van der Waals surface area contributed by atoms with Crippen molar-refractivity contribution in [3.63, 3.8) is 0 Å². The van der Waals surface area contributed by atoms with Gasteiger partial charge in [-0.05, 0) is 19.4 Å². The lowest BCUT2D eigenvalue weighted by atomic mass is 10.2. The maximum atomic E-state index is 12.1. The number of nitrogens with one attached hydrogen (secondary N) is 1. The van der Waals surface area contributed by atoms with Crippen LogP contribution in [0.1, 0.15) is 25.6 Å². The molecule has 0 saturated carbocycles. The highest BCUT2D eigenvalue weighted by molar-refractivity contribution is 5.83. The van der Waals surface area contributed by atoms with Gasteiger partial charge >= 0.3 is 0 Å². The van der Waals surface area contributed by atoms with Gasteiger partial charge in [0.1, 0.15) is 12.2 Å². The lowest BCUT2D eigenvalue weighted by Gasteiger charge is -2.16. The van der Waals surface area contributed by atoms with Gasteiger partial charge in [0.25, 0.3) is 0 Å². The predicted octanol–water partition coefficient (Wildman–Crippen LogP) is -0.0419. The van der Waals surface area contributed by atoms with Gasteiger partial charge in [-0.1, -0.05) is 6.92 Å². The van der Waals surface area contributed by atoms with E-state index in [-0.39, 0.29) is 11.9 Å². The fourth-order valence-electron chi connectivity index (χ4n) is 2.24. The van der Waals surface area contributed by atoms with Crippen molar-refractivity contribution < 1.29 is 4.79 Å². The second-order valence-electron chi connectivity index (χ2n) is 4.73. The first-order valence-electron chi connectivity index (χ1n) is 6.57. The van der Waals surface area contributed by atoms with Gasteiger partial charge < -0.3 is 14.8 Å². The van der Waals surface area contributed by atoms with Gasteiger partial charge in [0.2, 0.25) is 5.91 Å². The molecule has 1 unspecified atom stereocenters. The molecular weight excluding hydrogens is 230 g/mol. The van der Waals surface area contributed by atoms with Crippen molar-refractivity contribution in [1.29, 1.82) is 0 Å². The molecule has 2 rings (SSSR count). The Balaban J connectivity index is 1.81. The molecule has 6 nitrogen and oxygen atoms in total. The third-order valence-corrected chi connectivity index (χ3v) is 3.35. The molecule has 0 aromatic carbocycles. The summed E-state index contributed by atoms with van der Waals surface area (Å²) < 4.78 is 1.90. The quantitative estimate of drug-likeness (QED) is 0.770. The van der Waals surface area contributed by atoms with E-state index in [1.807, 2.05) is 16.5 Å². The minimum atomic E-state index is 0.0180. The zero-order chi connectivity index (χ0) is 13.0. The van der Waals surface area contributed by atoms with Crippen LogP contribution in [0.5, 0.6) is 0 Å². The van der Waals surface area contributed by atoms with Gasteiger partial charge in [-0.25, -0.2) is 0 Å². The first kappa shape index (κ1) is 13.0. The highest BCUT2D eigenvalue weighted by Crippen LogP contribution is 2.11. The Morgan fingerprint density at radius 1 is 1.56 bits per heavy atom. The van der Waals surface area contributed by atoms with Gasteiger partial charge in [-0.2, -0.15) is 0 Å². The van der Waals surface area contributed by atoms with E-state index in [2.05, 4.69) is 22.4 Å². The molecule has 1 aromatic heterocycles. The summed E-state index contributed by atoms with van der Waals surface area (Å²) in [5.74, 6) is 1.15. The molecule has 1 saturated heterocycles. The third kappa shape index (κ3) is 2.87. The Morgan fingerprint density at radius 2 is 2.39 bits per heavy atom. The number of hydrogen-bond donors (Lipinski definition) is 1. The van der Waals surface area contributed by atoms with Crippen LogP contribution >= 0.6 is 0 Å². The van der Waals surface area contributed by atoms with E-state index in [9.17, 15) is 4.79 Å². The van der Waals surface area contributed by atoms with Gasteiger partial charge in [0, 0.05) is 26.6 Å². The standard InChI is InChI=1S/C12H21N5O/c1-3-6-13-10-4-7-17(12(10)18)8-5-11-15-14-9-16(11)2/h9-10,13H,3-8H2,1-2H3. The molecule has 0 bridgehead atoms. The lowest BCUT2D eigenvalue weighted by Crippen LogP contribution is -2.39. The van der Waals surface area contributed by atoms with Crippen LogP contribution in [0.15, 0.2) is 6.33 Å². The van der Waals surface area contributed by atoms with E-state index in [0.717, 1.165) is 44.7 Å². The Bertz CT molecular complexity index is 403. The molecule has 1 amide bonds. The highest BCUT2D eigenvalue weighted by Gasteiger charge is 2.30. The number of aromatic nitrogens is 3. The van der Waals surface area contributed by atoms with E-state index < -0.39 is 0 Å². The maximum absolute atomic E-state index is 12.1. The largest absolute Gasteiger partial charge is 0.341 e. The van der Waals surface area contributed by atoms with Crippen LogP contribution < -0.4 is 5.32 Å². The van der Waals surface area contributed by atoms with E-state index in [4.69, 9.17) is 0 Å². The van der Waals surface area contributed by atoms with Gasteiger partial charge in [-0.3, -0.25) is 4.79 Å². The van der Waals surface area contributed by atoms with Crippen LogP contribution in [-0.4, -0.2) is 51.2 Å². The Labute approximate surface area is 107 Å². The molecule has 1 aromatic rings. The van der Waals surface area contributed by atoms with Crippen molar-refractivity contribution in [2.45, 2.75) is 32.2 Å². The van der Waals surface area contributed by atoms with E-state index >= 15 is 0 Å². The third-order valence-electron chi connectivity index (χ3n) is 3.35. The average Bonchev–Trinajstić information content (AvgIpc) is 2.92. The average molecular weight is 251 g/mol. The number of hydrogen-bond acceptors (Lipinski definition) is 4. The summed E-state index contributed by atoms with van der Waals surface area (Å²) in [4.78, 5) is 14.0. The maximum Gasteiger partial charge on any atom is 0.239 e. The molecule has 1 aliphatic heterocycles. The molecule has 18 heavy (non-hydrogen) atoms. The summed E-state index contributed by atoms with van der Waals surface area (Å²) in [6, 6.07) is 0.0180. The Hall–Kier alpha value is -1.43. The zero-order valence-corrected chi connectivity index (χ0v) is 11.1. The molecule has 1 aliphatic rings. The summed E-state index contributed by atoms with van der Waals surface area (Å²) in [7, 11) is 1.92. The summed E-state index contributed by atoms with van der Waals surface area (Å²) >= 11 is 0. The smallest absolute Gasteiger partial charge is 0.239 e. The molecular formula is C12H21N5O. The molecule has 100 valence electrons. The molecule has 2 heterocycles. The van der Waals surface area contributed by atoms with Crippen LogP contribution in [0.2, 0.25) is 0 Å². The fraction of sp³-hybridized carbons (Fsp3) is 0.750. The summed E-state index contributed by atoms with van der Waals surface area (Å²) in [5.41, 5.74) is 0. The fourth-order valence-corrected chi connectivity index (χ4v) is 2.24. The van der Waals surface area contributed by atoms with E-state index in [1.165, 1.54) is 0 Å². The SMILES string of the molecule is CCCNC1CCN(CCc2nncn2C)C1=O. The summed E-state index contributed by atoms with van der Waals surface area (Å²) in [6.45, 7) is 4.60.